The molecular weight excluding hydrogens is 472 g/mol. The van der Waals surface area contributed by atoms with E-state index in [2.05, 4.69) is 16.0 Å². The number of benzene rings is 1. The topological polar surface area (TPSA) is 171 Å². The molecule has 0 saturated carbocycles. The molecule has 1 aromatic carbocycles. The zero-order valence-electron chi connectivity index (χ0n) is 20.9. The Hall–Kier alpha value is -2.79. The highest BCUT2D eigenvalue weighted by Crippen LogP contribution is 2.12. The molecule has 196 valence electrons. The van der Waals surface area contributed by atoms with Crippen LogP contribution in [0.3, 0.4) is 0 Å². The first-order valence-corrected chi connectivity index (χ1v) is 12.9. The van der Waals surface area contributed by atoms with Gasteiger partial charge in [-0.1, -0.05) is 39.8 Å². The number of hydrogen-bond acceptors (Lipinski definition) is 7. The largest absolute Gasteiger partial charge is 0.508 e. The molecular formula is C24H38N4O6S. The number of amides is 3. The summed E-state index contributed by atoms with van der Waals surface area (Å²) >= 11 is 1.48. The van der Waals surface area contributed by atoms with Crippen molar-refractivity contribution in [2.24, 2.45) is 17.6 Å². The van der Waals surface area contributed by atoms with Crippen molar-refractivity contribution in [2.45, 2.75) is 64.7 Å². The van der Waals surface area contributed by atoms with Crippen molar-refractivity contribution in [3.05, 3.63) is 29.8 Å². The highest BCUT2D eigenvalue weighted by Gasteiger charge is 2.32. The Morgan fingerprint density at radius 1 is 0.886 bits per heavy atom. The summed E-state index contributed by atoms with van der Waals surface area (Å²) in [6.45, 7) is 7.13. The van der Waals surface area contributed by atoms with Gasteiger partial charge in [0.2, 0.25) is 17.7 Å². The van der Waals surface area contributed by atoms with Crippen LogP contribution in [0.1, 0.15) is 39.7 Å². The molecule has 0 bridgehead atoms. The molecule has 1 rings (SSSR count). The lowest BCUT2D eigenvalue weighted by atomic mass is 9.99. The molecule has 0 aromatic heterocycles. The number of thioether (sulfide) groups is 1. The maximum Gasteiger partial charge on any atom is 0.326 e. The van der Waals surface area contributed by atoms with Crippen molar-refractivity contribution in [1.29, 1.82) is 0 Å². The van der Waals surface area contributed by atoms with Crippen molar-refractivity contribution in [2.75, 3.05) is 12.0 Å². The molecule has 10 nitrogen and oxygen atoms in total. The minimum Gasteiger partial charge on any atom is -0.508 e. The van der Waals surface area contributed by atoms with Crippen molar-refractivity contribution in [3.63, 3.8) is 0 Å². The van der Waals surface area contributed by atoms with E-state index in [4.69, 9.17) is 5.73 Å². The van der Waals surface area contributed by atoms with Crippen molar-refractivity contribution in [1.82, 2.24) is 16.0 Å². The van der Waals surface area contributed by atoms with Gasteiger partial charge in [0, 0.05) is 6.42 Å². The number of carboxylic acids is 1. The third kappa shape index (κ3) is 10.2. The van der Waals surface area contributed by atoms with Gasteiger partial charge in [-0.15, -0.1) is 0 Å². The van der Waals surface area contributed by atoms with Gasteiger partial charge >= 0.3 is 5.97 Å². The second-order valence-corrected chi connectivity index (χ2v) is 10.1. The lowest BCUT2D eigenvalue weighted by molar-refractivity contribution is -0.142. The smallest absolute Gasteiger partial charge is 0.326 e. The second kappa shape index (κ2) is 14.6. The Balaban J connectivity index is 2.97. The summed E-state index contributed by atoms with van der Waals surface area (Å²) in [5.74, 6) is -2.66. The fourth-order valence-corrected chi connectivity index (χ4v) is 3.66. The Morgan fingerprint density at radius 3 is 1.94 bits per heavy atom. The van der Waals surface area contributed by atoms with Crippen LogP contribution in [0.25, 0.3) is 0 Å². The highest BCUT2D eigenvalue weighted by molar-refractivity contribution is 7.98. The van der Waals surface area contributed by atoms with E-state index >= 15 is 0 Å². The van der Waals surface area contributed by atoms with Gasteiger partial charge in [0.15, 0.2) is 0 Å². The normalized spacial score (nSPS) is 14.6. The first-order chi connectivity index (χ1) is 16.4. The number of rotatable bonds is 14. The first kappa shape index (κ1) is 30.2. The predicted molar refractivity (Wildman–Crippen MR) is 136 cm³/mol. The van der Waals surface area contributed by atoms with Gasteiger partial charge in [-0.2, -0.15) is 11.8 Å². The predicted octanol–water partition coefficient (Wildman–Crippen LogP) is 0.866. The van der Waals surface area contributed by atoms with Crippen LogP contribution in [0, 0.1) is 11.8 Å². The molecule has 4 unspecified atom stereocenters. The van der Waals surface area contributed by atoms with Crippen molar-refractivity contribution < 1.29 is 29.4 Å². The van der Waals surface area contributed by atoms with Crippen LogP contribution >= 0.6 is 11.8 Å². The maximum atomic E-state index is 13.0. The molecule has 0 saturated heterocycles. The van der Waals surface area contributed by atoms with Crippen LogP contribution in [0.5, 0.6) is 5.75 Å². The molecule has 0 aliphatic heterocycles. The lowest BCUT2D eigenvalue weighted by Crippen LogP contribution is -2.59. The van der Waals surface area contributed by atoms with Gasteiger partial charge in [0.05, 0.1) is 6.04 Å². The van der Waals surface area contributed by atoms with Gasteiger partial charge in [0.1, 0.15) is 23.9 Å². The molecule has 0 heterocycles. The van der Waals surface area contributed by atoms with Crippen molar-refractivity contribution >= 4 is 35.5 Å². The van der Waals surface area contributed by atoms with E-state index in [1.165, 1.54) is 23.9 Å². The second-order valence-electron chi connectivity index (χ2n) is 9.11. The SMILES string of the molecule is CSCCC(NC(=O)C(NC(=O)C(N)C(C)C)C(C)C)C(=O)NC(Cc1ccc(O)cc1)C(=O)O. The molecule has 35 heavy (non-hydrogen) atoms. The van der Waals surface area contributed by atoms with Gasteiger partial charge in [-0.25, -0.2) is 4.79 Å². The number of nitrogens with one attached hydrogen (secondary N) is 3. The van der Waals surface area contributed by atoms with Crippen LogP contribution in [-0.2, 0) is 25.6 Å². The van der Waals surface area contributed by atoms with Gasteiger partial charge in [0.25, 0.3) is 0 Å². The third-order valence-electron chi connectivity index (χ3n) is 5.50. The molecule has 4 atom stereocenters. The Morgan fingerprint density at radius 2 is 1.46 bits per heavy atom. The average molecular weight is 511 g/mol. The molecule has 3 amide bonds. The molecule has 0 radical (unpaired) electrons. The zero-order chi connectivity index (χ0) is 26.7. The van der Waals surface area contributed by atoms with E-state index in [1.54, 1.807) is 39.8 Å². The van der Waals surface area contributed by atoms with E-state index in [0.717, 1.165) is 0 Å². The molecule has 0 aliphatic rings. The van der Waals surface area contributed by atoms with Crippen LogP contribution in [-0.4, -0.2) is 70.1 Å². The highest BCUT2D eigenvalue weighted by atomic mass is 32.2. The van der Waals surface area contributed by atoms with E-state index in [9.17, 15) is 29.4 Å². The summed E-state index contributed by atoms with van der Waals surface area (Å²) in [5.41, 5.74) is 6.51. The quantitative estimate of drug-likeness (QED) is 0.214. The number of carboxylic acid groups (broad SMARTS) is 1. The number of carbonyl (C=O) groups excluding carboxylic acids is 3. The van der Waals surface area contributed by atoms with E-state index in [0.29, 0.717) is 11.3 Å². The summed E-state index contributed by atoms with van der Waals surface area (Å²) < 4.78 is 0. The van der Waals surface area contributed by atoms with Crippen LogP contribution in [0.15, 0.2) is 24.3 Å². The number of phenols is 1. The molecule has 0 fully saturated rings. The minimum atomic E-state index is -1.23. The molecule has 0 aliphatic carbocycles. The Kier molecular flexibility index (Phi) is 12.6. The Labute approximate surface area is 210 Å². The van der Waals surface area contributed by atoms with E-state index in [-0.39, 0.29) is 30.4 Å². The van der Waals surface area contributed by atoms with Crippen LogP contribution < -0.4 is 21.7 Å². The van der Waals surface area contributed by atoms with Gasteiger partial charge in [-0.05, 0) is 48.0 Å². The number of aliphatic carboxylic acids is 1. The summed E-state index contributed by atoms with van der Waals surface area (Å²) in [5, 5.41) is 26.9. The number of hydrogen-bond donors (Lipinski definition) is 6. The molecule has 1 aromatic rings. The molecule has 7 N–H and O–H groups in total. The summed E-state index contributed by atoms with van der Waals surface area (Å²) in [4.78, 5) is 50.3. The van der Waals surface area contributed by atoms with Crippen LogP contribution in [0.2, 0.25) is 0 Å². The zero-order valence-corrected chi connectivity index (χ0v) is 21.7. The van der Waals surface area contributed by atoms with Gasteiger partial charge < -0.3 is 31.9 Å². The van der Waals surface area contributed by atoms with Crippen molar-refractivity contribution in [3.8, 4) is 5.75 Å². The fourth-order valence-electron chi connectivity index (χ4n) is 3.19. The summed E-state index contributed by atoms with van der Waals surface area (Å²) in [6, 6.07) is 2.09. The maximum absolute atomic E-state index is 13.0. The Bertz CT molecular complexity index is 862. The van der Waals surface area contributed by atoms with E-state index < -0.39 is 47.9 Å². The van der Waals surface area contributed by atoms with Crippen LogP contribution in [0.4, 0.5) is 0 Å². The first-order valence-electron chi connectivity index (χ1n) is 11.5. The molecule has 0 spiro atoms. The monoisotopic (exact) mass is 510 g/mol. The summed E-state index contributed by atoms with van der Waals surface area (Å²) in [7, 11) is 0. The minimum absolute atomic E-state index is 0.00230. The number of aromatic hydroxyl groups is 1. The molecule has 11 heteroatoms. The average Bonchev–Trinajstić information content (AvgIpc) is 2.79. The number of nitrogens with two attached hydrogens (primary N) is 1. The fraction of sp³-hybridized carbons (Fsp3) is 0.583. The van der Waals surface area contributed by atoms with Gasteiger partial charge in [-0.3, -0.25) is 14.4 Å². The summed E-state index contributed by atoms with van der Waals surface area (Å²) in [6.07, 6.45) is 2.13. The standard InChI is InChI=1S/C24H38N4O6S/c1-13(2)19(25)22(31)28-20(14(3)4)23(32)26-17(10-11-35-5)21(30)27-18(24(33)34)12-15-6-8-16(29)9-7-15/h6-9,13-14,17-20,29H,10-12,25H2,1-5H3,(H,26,32)(H,27,30)(H,28,31)(H,33,34). The van der Waals surface area contributed by atoms with E-state index in [1.807, 2.05) is 6.26 Å². The number of carbonyl (C=O) groups is 4. The lowest BCUT2D eigenvalue weighted by Gasteiger charge is -2.27. The third-order valence-corrected chi connectivity index (χ3v) is 6.15. The number of phenolic OH excluding ortho intramolecular Hbond substituents is 1.